The summed E-state index contributed by atoms with van der Waals surface area (Å²) in [6.07, 6.45) is 7.28. The van der Waals surface area contributed by atoms with Gasteiger partial charge in [0.25, 0.3) is 0 Å². The molecule has 0 amide bonds. The maximum absolute atomic E-state index is 3.67. The van der Waals surface area contributed by atoms with Gasteiger partial charge in [0.2, 0.25) is 0 Å². The highest BCUT2D eigenvalue weighted by molar-refractivity contribution is 4.86. The van der Waals surface area contributed by atoms with Crippen LogP contribution < -0.4 is 5.32 Å². The summed E-state index contributed by atoms with van der Waals surface area (Å²) < 4.78 is 0. The first-order valence-corrected chi connectivity index (χ1v) is 5.12. The van der Waals surface area contributed by atoms with E-state index >= 15 is 0 Å². The largest absolute Gasteiger partial charge is 0.314 e. The summed E-state index contributed by atoms with van der Waals surface area (Å²) in [6, 6.07) is 0.886. The van der Waals surface area contributed by atoms with Gasteiger partial charge in [0.05, 0.1) is 0 Å². The molecule has 1 heteroatoms. The molecule has 1 N–H and O–H groups in total. The van der Waals surface area contributed by atoms with Gasteiger partial charge in [0, 0.05) is 6.04 Å². The predicted molar refractivity (Wildman–Crippen MR) is 47.5 cm³/mol. The second kappa shape index (κ2) is 3.14. The number of nitrogens with one attached hydrogen (secondary N) is 1. The third kappa shape index (κ3) is 1.58. The number of hydrogen-bond donors (Lipinski definition) is 1. The lowest BCUT2D eigenvalue weighted by Gasteiger charge is -2.18. The zero-order valence-corrected chi connectivity index (χ0v) is 7.47. The van der Waals surface area contributed by atoms with E-state index in [2.05, 4.69) is 12.2 Å². The van der Waals surface area contributed by atoms with Gasteiger partial charge >= 0.3 is 0 Å². The maximum Gasteiger partial charge on any atom is 0.00699 e. The first-order chi connectivity index (χ1) is 5.38. The van der Waals surface area contributed by atoms with Gasteiger partial charge in [-0.2, -0.15) is 0 Å². The molecule has 1 aliphatic heterocycles. The van der Waals surface area contributed by atoms with Crippen LogP contribution in [0.5, 0.6) is 0 Å². The molecule has 1 saturated heterocycles. The van der Waals surface area contributed by atoms with Crippen molar-refractivity contribution in [1.82, 2.24) is 5.32 Å². The van der Waals surface area contributed by atoms with Crippen molar-refractivity contribution in [3.05, 3.63) is 0 Å². The lowest BCUT2D eigenvalue weighted by Crippen LogP contribution is -2.29. The minimum atomic E-state index is 0.886. The summed E-state index contributed by atoms with van der Waals surface area (Å²) in [7, 11) is 0. The van der Waals surface area contributed by atoms with Crippen LogP contribution in [-0.4, -0.2) is 12.6 Å². The Hall–Kier alpha value is -0.0400. The smallest absolute Gasteiger partial charge is 0.00699 e. The third-order valence-corrected chi connectivity index (χ3v) is 3.48. The van der Waals surface area contributed by atoms with Crippen LogP contribution in [0.1, 0.15) is 39.0 Å². The van der Waals surface area contributed by atoms with Gasteiger partial charge in [0.15, 0.2) is 0 Å². The standard InChI is InChI=1S/C10H19N/c1-2-8-5-9-3-4-10(6-9)11-7-8/h8-11H,2-7H2,1H3/t8-,9+,10+/m0/s1. The molecule has 0 aromatic rings. The van der Waals surface area contributed by atoms with Gasteiger partial charge in [-0.05, 0) is 44.1 Å². The van der Waals surface area contributed by atoms with Crippen molar-refractivity contribution in [2.75, 3.05) is 6.54 Å². The Balaban J connectivity index is 1.94. The first-order valence-electron chi connectivity index (χ1n) is 5.12. The van der Waals surface area contributed by atoms with Gasteiger partial charge in [-0.25, -0.2) is 0 Å². The van der Waals surface area contributed by atoms with Crippen molar-refractivity contribution in [2.45, 2.75) is 45.1 Å². The summed E-state index contributed by atoms with van der Waals surface area (Å²) in [5.74, 6) is 2.05. The second-order valence-corrected chi connectivity index (χ2v) is 4.29. The topological polar surface area (TPSA) is 12.0 Å². The van der Waals surface area contributed by atoms with E-state index in [4.69, 9.17) is 0 Å². The minimum absolute atomic E-state index is 0.886. The number of hydrogen-bond acceptors (Lipinski definition) is 1. The molecule has 0 spiro atoms. The molecule has 11 heavy (non-hydrogen) atoms. The molecular formula is C10H19N. The third-order valence-electron chi connectivity index (χ3n) is 3.48. The number of fused-ring (bicyclic) bond motifs is 2. The monoisotopic (exact) mass is 153 g/mol. The highest BCUT2D eigenvalue weighted by atomic mass is 14.9. The van der Waals surface area contributed by atoms with Crippen LogP contribution in [0.4, 0.5) is 0 Å². The van der Waals surface area contributed by atoms with E-state index < -0.39 is 0 Å². The molecule has 0 aromatic heterocycles. The molecule has 1 saturated carbocycles. The fourth-order valence-corrected chi connectivity index (χ4v) is 2.67. The lowest BCUT2D eigenvalue weighted by atomic mass is 9.92. The quantitative estimate of drug-likeness (QED) is 0.609. The van der Waals surface area contributed by atoms with Crippen molar-refractivity contribution >= 4 is 0 Å². The molecule has 1 heterocycles. The molecule has 0 radical (unpaired) electrons. The van der Waals surface area contributed by atoms with Crippen molar-refractivity contribution in [3.63, 3.8) is 0 Å². The SMILES string of the molecule is CC[C@@H]1CN[C@@H]2CC[C@H](C1)C2. The summed E-state index contributed by atoms with van der Waals surface area (Å²) in [6.45, 7) is 3.61. The van der Waals surface area contributed by atoms with E-state index in [0.717, 1.165) is 17.9 Å². The van der Waals surface area contributed by atoms with Crippen molar-refractivity contribution < 1.29 is 0 Å². The zero-order chi connectivity index (χ0) is 7.68. The molecule has 2 fully saturated rings. The van der Waals surface area contributed by atoms with Crippen LogP contribution >= 0.6 is 0 Å². The van der Waals surface area contributed by atoms with Crippen molar-refractivity contribution in [2.24, 2.45) is 11.8 Å². The maximum atomic E-state index is 3.67. The average molecular weight is 153 g/mol. The molecular weight excluding hydrogens is 134 g/mol. The molecule has 64 valence electrons. The average Bonchev–Trinajstić information content (AvgIpc) is 2.31. The molecule has 2 rings (SSSR count). The van der Waals surface area contributed by atoms with E-state index in [-0.39, 0.29) is 0 Å². The molecule has 1 aliphatic carbocycles. The predicted octanol–water partition coefficient (Wildman–Crippen LogP) is 2.17. The molecule has 3 atom stereocenters. The van der Waals surface area contributed by atoms with Crippen molar-refractivity contribution in [3.8, 4) is 0 Å². The van der Waals surface area contributed by atoms with Crippen LogP contribution in [0.3, 0.4) is 0 Å². The normalized spacial score (nSPS) is 43.9. The van der Waals surface area contributed by atoms with E-state index in [1.54, 1.807) is 0 Å². The van der Waals surface area contributed by atoms with Gasteiger partial charge in [-0.3, -0.25) is 0 Å². The van der Waals surface area contributed by atoms with Gasteiger partial charge in [-0.1, -0.05) is 13.3 Å². The van der Waals surface area contributed by atoms with E-state index in [9.17, 15) is 0 Å². The Labute approximate surface area is 69.6 Å². The number of rotatable bonds is 1. The zero-order valence-electron chi connectivity index (χ0n) is 7.47. The fraction of sp³-hybridized carbons (Fsp3) is 1.00. The van der Waals surface area contributed by atoms with Crippen LogP contribution in [0, 0.1) is 11.8 Å². The van der Waals surface area contributed by atoms with Crippen molar-refractivity contribution in [1.29, 1.82) is 0 Å². The minimum Gasteiger partial charge on any atom is -0.314 e. The first kappa shape index (κ1) is 7.60. The van der Waals surface area contributed by atoms with Crippen LogP contribution in [0.25, 0.3) is 0 Å². The molecule has 0 aromatic carbocycles. The van der Waals surface area contributed by atoms with Crippen LogP contribution in [0.15, 0.2) is 0 Å². The summed E-state index contributed by atoms with van der Waals surface area (Å²) in [4.78, 5) is 0. The van der Waals surface area contributed by atoms with Crippen LogP contribution in [-0.2, 0) is 0 Å². The Kier molecular flexibility index (Phi) is 2.17. The van der Waals surface area contributed by atoms with Gasteiger partial charge in [-0.15, -0.1) is 0 Å². The fourth-order valence-electron chi connectivity index (χ4n) is 2.67. The Morgan fingerprint density at radius 2 is 2.18 bits per heavy atom. The summed E-state index contributed by atoms with van der Waals surface area (Å²) in [5, 5.41) is 3.67. The summed E-state index contributed by atoms with van der Waals surface area (Å²) in [5.41, 5.74) is 0. The summed E-state index contributed by atoms with van der Waals surface area (Å²) >= 11 is 0. The highest BCUT2D eigenvalue weighted by Crippen LogP contribution is 2.34. The molecule has 0 unspecified atom stereocenters. The second-order valence-electron chi connectivity index (χ2n) is 4.29. The molecule has 2 bridgehead atoms. The Morgan fingerprint density at radius 1 is 1.27 bits per heavy atom. The Bertz CT molecular complexity index is 133. The highest BCUT2D eigenvalue weighted by Gasteiger charge is 2.29. The van der Waals surface area contributed by atoms with Crippen LogP contribution in [0.2, 0.25) is 0 Å². The van der Waals surface area contributed by atoms with E-state index in [0.29, 0.717) is 0 Å². The Morgan fingerprint density at radius 3 is 3.00 bits per heavy atom. The van der Waals surface area contributed by atoms with Gasteiger partial charge < -0.3 is 5.32 Å². The van der Waals surface area contributed by atoms with E-state index in [1.807, 2.05) is 0 Å². The molecule has 2 aliphatic rings. The van der Waals surface area contributed by atoms with E-state index in [1.165, 1.54) is 38.6 Å². The van der Waals surface area contributed by atoms with Gasteiger partial charge in [0.1, 0.15) is 0 Å². The lowest BCUT2D eigenvalue weighted by molar-refractivity contribution is 0.369. The molecule has 1 nitrogen and oxygen atoms in total.